The van der Waals surface area contributed by atoms with E-state index in [-0.39, 0.29) is 6.67 Å². The largest absolute Gasteiger partial charge is 0.302 e. The number of hydrogen-bond donors (Lipinski definition) is 0. The molecular weight excluding hydrogens is 247 g/mol. The summed E-state index contributed by atoms with van der Waals surface area (Å²) >= 11 is 3.46. The first kappa shape index (κ1) is 12.4. The monoisotopic (exact) mass is 266 g/mol. The van der Waals surface area contributed by atoms with Gasteiger partial charge in [-0.1, -0.05) is 15.9 Å². The van der Waals surface area contributed by atoms with Crippen molar-refractivity contribution in [2.75, 3.05) is 51.3 Å². The van der Waals surface area contributed by atoms with Crippen molar-refractivity contribution >= 4 is 15.9 Å². The van der Waals surface area contributed by atoms with E-state index in [9.17, 15) is 4.39 Å². The maximum absolute atomic E-state index is 12.0. The molecule has 1 rings (SSSR count). The van der Waals surface area contributed by atoms with Crippen LogP contribution >= 0.6 is 15.9 Å². The van der Waals surface area contributed by atoms with Gasteiger partial charge < -0.3 is 9.80 Å². The van der Waals surface area contributed by atoms with Crippen LogP contribution in [0.3, 0.4) is 0 Å². The molecule has 0 N–H and O–H groups in total. The van der Waals surface area contributed by atoms with Crippen LogP contribution in [0.2, 0.25) is 0 Å². The molecule has 1 aliphatic rings. The fraction of sp³-hybridized carbons (Fsp3) is 1.00. The van der Waals surface area contributed by atoms with Crippen LogP contribution in [0, 0.1) is 0 Å². The molecule has 14 heavy (non-hydrogen) atoms. The number of hydrogen-bond acceptors (Lipinski definition) is 2. The van der Waals surface area contributed by atoms with E-state index < -0.39 is 0 Å². The van der Waals surface area contributed by atoms with E-state index in [1.807, 2.05) is 0 Å². The Hall–Kier alpha value is 0.330. The quantitative estimate of drug-likeness (QED) is 0.700. The predicted molar refractivity (Wildman–Crippen MR) is 61.9 cm³/mol. The summed E-state index contributed by atoms with van der Waals surface area (Å²) in [5.74, 6) is 0. The van der Waals surface area contributed by atoms with E-state index in [0.717, 1.165) is 38.1 Å². The minimum Gasteiger partial charge on any atom is -0.302 e. The van der Waals surface area contributed by atoms with E-state index in [1.165, 1.54) is 13.0 Å². The van der Waals surface area contributed by atoms with Crippen molar-refractivity contribution in [3.8, 4) is 0 Å². The molecule has 84 valence electrons. The van der Waals surface area contributed by atoms with E-state index in [0.29, 0.717) is 6.42 Å². The van der Waals surface area contributed by atoms with E-state index in [4.69, 9.17) is 0 Å². The molecule has 0 aromatic heterocycles. The summed E-state index contributed by atoms with van der Waals surface area (Å²) in [7, 11) is 0. The predicted octanol–water partition coefficient (Wildman–Crippen LogP) is 1.75. The summed E-state index contributed by atoms with van der Waals surface area (Å²) in [6.45, 7) is 6.46. The minimum absolute atomic E-state index is 0.179. The highest BCUT2D eigenvalue weighted by molar-refractivity contribution is 9.09. The highest BCUT2D eigenvalue weighted by atomic mass is 79.9. The average Bonchev–Trinajstić information content (AvgIpc) is 2.41. The number of halogens is 2. The van der Waals surface area contributed by atoms with Crippen molar-refractivity contribution < 1.29 is 4.39 Å². The fourth-order valence-corrected chi connectivity index (χ4v) is 2.38. The van der Waals surface area contributed by atoms with Crippen molar-refractivity contribution in [3.63, 3.8) is 0 Å². The van der Waals surface area contributed by atoms with Crippen LogP contribution in [-0.2, 0) is 0 Å². The SMILES string of the molecule is FCCCN1CCCN(CCBr)CC1. The molecule has 0 spiro atoms. The summed E-state index contributed by atoms with van der Waals surface area (Å²) in [4.78, 5) is 4.86. The average molecular weight is 267 g/mol. The molecule has 0 aromatic carbocycles. The molecule has 4 heteroatoms. The van der Waals surface area contributed by atoms with Crippen LogP contribution in [0.5, 0.6) is 0 Å². The lowest BCUT2D eigenvalue weighted by Crippen LogP contribution is -2.32. The minimum atomic E-state index is -0.179. The summed E-state index contributed by atoms with van der Waals surface area (Å²) in [5, 5.41) is 1.05. The smallest absolute Gasteiger partial charge is 0.0906 e. The van der Waals surface area contributed by atoms with Crippen LogP contribution in [0.4, 0.5) is 4.39 Å². The first-order valence-electron chi connectivity index (χ1n) is 5.43. The third-order valence-corrected chi connectivity index (χ3v) is 3.04. The van der Waals surface area contributed by atoms with Crippen LogP contribution < -0.4 is 0 Å². The van der Waals surface area contributed by atoms with Gasteiger partial charge in [0.25, 0.3) is 0 Å². The number of alkyl halides is 2. The molecule has 1 fully saturated rings. The second-order valence-corrected chi connectivity index (χ2v) is 4.56. The van der Waals surface area contributed by atoms with Crippen LogP contribution in [0.1, 0.15) is 12.8 Å². The highest BCUT2D eigenvalue weighted by Crippen LogP contribution is 2.04. The molecule has 1 aliphatic heterocycles. The lowest BCUT2D eigenvalue weighted by Gasteiger charge is -2.20. The summed E-state index contributed by atoms with van der Waals surface area (Å²) in [5.41, 5.74) is 0. The zero-order valence-electron chi connectivity index (χ0n) is 8.72. The van der Waals surface area contributed by atoms with Gasteiger partial charge in [0, 0.05) is 31.5 Å². The molecule has 1 heterocycles. The van der Waals surface area contributed by atoms with Gasteiger partial charge in [0.2, 0.25) is 0 Å². The van der Waals surface area contributed by atoms with E-state index in [2.05, 4.69) is 25.7 Å². The first-order chi connectivity index (χ1) is 6.86. The van der Waals surface area contributed by atoms with Gasteiger partial charge in [-0.2, -0.15) is 0 Å². The lowest BCUT2D eigenvalue weighted by atomic mass is 10.3. The van der Waals surface area contributed by atoms with Gasteiger partial charge in [0.15, 0.2) is 0 Å². The molecule has 0 atom stereocenters. The van der Waals surface area contributed by atoms with E-state index in [1.54, 1.807) is 0 Å². The molecule has 1 saturated heterocycles. The summed E-state index contributed by atoms with van der Waals surface area (Å²) in [6, 6.07) is 0. The van der Waals surface area contributed by atoms with Gasteiger partial charge in [-0.25, -0.2) is 0 Å². The second kappa shape index (κ2) is 7.60. The third kappa shape index (κ3) is 4.71. The summed E-state index contributed by atoms with van der Waals surface area (Å²) < 4.78 is 12.0. The van der Waals surface area contributed by atoms with Gasteiger partial charge >= 0.3 is 0 Å². The van der Waals surface area contributed by atoms with Gasteiger partial charge in [-0.05, 0) is 25.9 Å². The maximum atomic E-state index is 12.0. The number of rotatable bonds is 5. The zero-order chi connectivity index (χ0) is 10.2. The Morgan fingerprint density at radius 2 is 1.64 bits per heavy atom. The molecular formula is C10H20BrFN2. The van der Waals surface area contributed by atoms with Crippen LogP contribution in [0.15, 0.2) is 0 Å². The van der Waals surface area contributed by atoms with Gasteiger partial charge in [-0.3, -0.25) is 4.39 Å². The van der Waals surface area contributed by atoms with E-state index >= 15 is 0 Å². The third-order valence-electron chi connectivity index (χ3n) is 2.69. The Labute approximate surface area is 94.6 Å². The van der Waals surface area contributed by atoms with Crippen molar-refractivity contribution in [3.05, 3.63) is 0 Å². The fourth-order valence-electron chi connectivity index (χ4n) is 1.87. The Bertz CT molecular complexity index is 146. The zero-order valence-corrected chi connectivity index (χ0v) is 10.3. The molecule has 0 aromatic rings. The second-order valence-electron chi connectivity index (χ2n) is 3.77. The van der Waals surface area contributed by atoms with Crippen LogP contribution in [0.25, 0.3) is 0 Å². The summed E-state index contributed by atoms with van der Waals surface area (Å²) in [6.07, 6.45) is 1.91. The molecule has 0 saturated carbocycles. The molecule has 0 aliphatic carbocycles. The maximum Gasteiger partial charge on any atom is 0.0906 e. The highest BCUT2D eigenvalue weighted by Gasteiger charge is 2.13. The topological polar surface area (TPSA) is 6.48 Å². The molecule has 2 nitrogen and oxygen atoms in total. The molecule has 0 unspecified atom stereocenters. The van der Waals surface area contributed by atoms with Gasteiger partial charge in [0.05, 0.1) is 6.67 Å². The standard InChI is InChI=1S/C10H20BrFN2/c11-3-8-14-7-2-6-13(9-10-14)5-1-4-12/h1-10H2. The Kier molecular flexibility index (Phi) is 6.73. The molecule has 0 bridgehead atoms. The molecule has 0 amide bonds. The molecule has 0 radical (unpaired) electrons. The van der Waals surface area contributed by atoms with Crippen LogP contribution in [-0.4, -0.2) is 61.1 Å². The Balaban J connectivity index is 2.19. The first-order valence-corrected chi connectivity index (χ1v) is 6.55. The Morgan fingerprint density at radius 3 is 2.21 bits per heavy atom. The van der Waals surface area contributed by atoms with Gasteiger partial charge in [0.1, 0.15) is 0 Å². The van der Waals surface area contributed by atoms with Crippen molar-refractivity contribution in [2.24, 2.45) is 0 Å². The van der Waals surface area contributed by atoms with Gasteiger partial charge in [-0.15, -0.1) is 0 Å². The Morgan fingerprint density at radius 1 is 1.00 bits per heavy atom. The lowest BCUT2D eigenvalue weighted by molar-refractivity contribution is 0.254. The van der Waals surface area contributed by atoms with Crippen molar-refractivity contribution in [2.45, 2.75) is 12.8 Å². The van der Waals surface area contributed by atoms with Crippen molar-refractivity contribution in [1.29, 1.82) is 0 Å². The normalized spacial score (nSPS) is 21.0. The van der Waals surface area contributed by atoms with Crippen molar-refractivity contribution in [1.82, 2.24) is 9.80 Å². The number of nitrogens with zero attached hydrogens (tertiary/aromatic N) is 2.